The van der Waals surface area contributed by atoms with Gasteiger partial charge in [-0.05, 0) is 47.9 Å². The third kappa shape index (κ3) is 4.05. The molecule has 0 saturated carbocycles. The zero-order valence-corrected chi connectivity index (χ0v) is 19.4. The number of ketones is 1. The highest BCUT2D eigenvalue weighted by Gasteiger charge is 2.48. The summed E-state index contributed by atoms with van der Waals surface area (Å²) in [6.45, 7) is 4.31. The van der Waals surface area contributed by atoms with Gasteiger partial charge in [0.15, 0.2) is 5.82 Å². The minimum absolute atomic E-state index is 0.00633. The molecule has 1 aromatic heterocycles. The second-order valence-corrected chi connectivity index (χ2v) is 8.44. The first-order valence-corrected chi connectivity index (χ1v) is 11.4. The van der Waals surface area contributed by atoms with Crippen LogP contribution < -0.4 is 9.64 Å². The first-order valence-electron chi connectivity index (χ1n) is 11.4. The molecule has 1 amide bonds. The number of aryl methyl sites for hydroxylation is 1. The zero-order chi connectivity index (χ0) is 24.5. The molecule has 5 rings (SSSR count). The third-order valence-corrected chi connectivity index (χ3v) is 6.00. The molecule has 7 heteroatoms. The summed E-state index contributed by atoms with van der Waals surface area (Å²) in [6.07, 6.45) is 0.874. The summed E-state index contributed by atoms with van der Waals surface area (Å²) in [4.78, 5) is 27.7. The molecule has 176 valence electrons. The lowest BCUT2D eigenvalue weighted by Gasteiger charge is -2.23. The average molecular weight is 469 g/mol. The van der Waals surface area contributed by atoms with Crippen LogP contribution in [0.4, 0.5) is 5.82 Å². The molecular weight excluding hydrogens is 444 g/mol. The number of nitrogens with zero attached hydrogens (tertiary/aromatic N) is 2. The van der Waals surface area contributed by atoms with Gasteiger partial charge in [-0.15, -0.1) is 0 Å². The number of fused-ring (bicyclic) bond motifs is 1. The summed E-state index contributed by atoms with van der Waals surface area (Å²) in [6, 6.07) is 21.0. The number of aromatic nitrogens is 1. The Balaban J connectivity index is 1.66. The second-order valence-electron chi connectivity index (χ2n) is 8.44. The van der Waals surface area contributed by atoms with Crippen LogP contribution in [0, 0.1) is 6.92 Å². The maximum atomic E-state index is 13.3. The molecule has 1 aliphatic heterocycles. The smallest absolute Gasteiger partial charge is 0.301 e. The van der Waals surface area contributed by atoms with Gasteiger partial charge >= 0.3 is 5.91 Å². The Bertz CT molecular complexity index is 1450. The van der Waals surface area contributed by atoms with Crippen LogP contribution in [0.15, 0.2) is 82.9 Å². The van der Waals surface area contributed by atoms with E-state index in [-0.39, 0.29) is 17.2 Å². The van der Waals surface area contributed by atoms with Crippen LogP contribution in [0.3, 0.4) is 0 Å². The Morgan fingerprint density at radius 2 is 1.77 bits per heavy atom. The fourth-order valence-electron chi connectivity index (χ4n) is 4.31. The van der Waals surface area contributed by atoms with E-state index < -0.39 is 17.7 Å². The van der Waals surface area contributed by atoms with Gasteiger partial charge in [0.05, 0.1) is 18.2 Å². The fourth-order valence-corrected chi connectivity index (χ4v) is 4.31. The standard InChI is InChI=1S/C28H24N2O5/c1-3-14-34-22-12-10-19(11-13-22)25-24(27(32)28(33)30(25)23-15-17(2)35-29-23)26(31)21-9-8-18-6-4-5-7-20(18)16-21/h4-13,15-16,25,31H,3,14H2,1-2H3/b26-24+/t25-/m0/s1. The van der Waals surface area contributed by atoms with Gasteiger partial charge in [0.2, 0.25) is 0 Å². The van der Waals surface area contributed by atoms with E-state index in [1.54, 1.807) is 49.4 Å². The molecule has 1 saturated heterocycles. The van der Waals surface area contributed by atoms with Gasteiger partial charge in [0.25, 0.3) is 5.78 Å². The number of rotatable bonds is 6. The zero-order valence-electron chi connectivity index (χ0n) is 19.4. The van der Waals surface area contributed by atoms with E-state index in [4.69, 9.17) is 9.26 Å². The van der Waals surface area contributed by atoms with Crippen molar-refractivity contribution in [1.82, 2.24) is 5.16 Å². The molecule has 35 heavy (non-hydrogen) atoms. The molecule has 0 radical (unpaired) electrons. The molecule has 0 spiro atoms. The van der Waals surface area contributed by atoms with E-state index in [1.165, 1.54) is 4.90 Å². The van der Waals surface area contributed by atoms with Crippen molar-refractivity contribution in [3.8, 4) is 5.75 Å². The van der Waals surface area contributed by atoms with Crippen molar-refractivity contribution >= 4 is 34.0 Å². The Morgan fingerprint density at radius 3 is 2.46 bits per heavy atom. The quantitative estimate of drug-likeness (QED) is 0.227. The molecule has 3 aromatic carbocycles. The van der Waals surface area contributed by atoms with Gasteiger partial charge in [0.1, 0.15) is 17.3 Å². The Morgan fingerprint density at radius 1 is 1.03 bits per heavy atom. The van der Waals surface area contributed by atoms with Crippen molar-refractivity contribution in [3.05, 3.63) is 95.3 Å². The molecule has 1 N–H and O–H groups in total. The second kappa shape index (κ2) is 9.10. The molecule has 0 unspecified atom stereocenters. The van der Waals surface area contributed by atoms with Crippen LogP contribution in [-0.4, -0.2) is 28.6 Å². The van der Waals surface area contributed by atoms with Crippen LogP contribution in [0.5, 0.6) is 5.75 Å². The van der Waals surface area contributed by atoms with Gasteiger partial charge in [-0.25, -0.2) is 0 Å². The summed E-state index contributed by atoms with van der Waals surface area (Å²) in [5.74, 6) is -0.422. The lowest BCUT2D eigenvalue weighted by molar-refractivity contribution is -0.132. The minimum Gasteiger partial charge on any atom is -0.507 e. The Labute approximate surface area is 202 Å². The number of hydrogen-bond acceptors (Lipinski definition) is 6. The highest BCUT2D eigenvalue weighted by Crippen LogP contribution is 2.42. The van der Waals surface area contributed by atoms with Crippen LogP contribution in [0.1, 0.15) is 36.3 Å². The topological polar surface area (TPSA) is 92.9 Å². The SMILES string of the molecule is CCCOc1ccc([C@H]2/C(=C(\O)c3ccc4ccccc4c3)C(=O)C(=O)N2c2cc(C)on2)cc1. The molecule has 0 bridgehead atoms. The van der Waals surface area contributed by atoms with Crippen molar-refractivity contribution in [1.29, 1.82) is 0 Å². The summed E-state index contributed by atoms with van der Waals surface area (Å²) >= 11 is 0. The molecular formula is C28H24N2O5. The number of aliphatic hydroxyl groups excluding tert-OH is 1. The normalized spacial score (nSPS) is 17.3. The average Bonchev–Trinajstić information content (AvgIpc) is 3.42. The molecule has 4 aromatic rings. The highest BCUT2D eigenvalue weighted by atomic mass is 16.5. The number of hydrogen-bond donors (Lipinski definition) is 1. The number of benzene rings is 3. The first kappa shape index (κ1) is 22.4. The van der Waals surface area contributed by atoms with Gasteiger partial charge in [0, 0.05) is 11.6 Å². The highest BCUT2D eigenvalue weighted by molar-refractivity contribution is 6.51. The van der Waals surface area contributed by atoms with Crippen LogP contribution in [0.2, 0.25) is 0 Å². The lowest BCUT2D eigenvalue weighted by atomic mass is 9.94. The maximum Gasteiger partial charge on any atom is 0.301 e. The van der Waals surface area contributed by atoms with Gasteiger partial charge < -0.3 is 14.4 Å². The monoisotopic (exact) mass is 468 g/mol. The molecule has 1 atom stereocenters. The van der Waals surface area contributed by atoms with E-state index in [1.807, 2.05) is 37.3 Å². The van der Waals surface area contributed by atoms with Gasteiger partial charge in [-0.1, -0.05) is 60.6 Å². The summed E-state index contributed by atoms with van der Waals surface area (Å²) in [5, 5.41) is 17.2. The number of aliphatic hydroxyl groups is 1. The fraction of sp³-hybridized carbons (Fsp3) is 0.179. The number of carbonyl (C=O) groups is 2. The van der Waals surface area contributed by atoms with Crippen molar-refractivity contribution in [3.63, 3.8) is 0 Å². The van der Waals surface area contributed by atoms with Crippen molar-refractivity contribution in [2.45, 2.75) is 26.3 Å². The predicted octanol–water partition coefficient (Wildman–Crippen LogP) is 5.55. The van der Waals surface area contributed by atoms with Crippen molar-refractivity contribution in [2.24, 2.45) is 0 Å². The summed E-state index contributed by atoms with van der Waals surface area (Å²) < 4.78 is 10.9. The predicted molar refractivity (Wildman–Crippen MR) is 132 cm³/mol. The van der Waals surface area contributed by atoms with Gasteiger partial charge in [-0.3, -0.25) is 14.5 Å². The van der Waals surface area contributed by atoms with E-state index in [0.717, 1.165) is 17.2 Å². The number of amides is 1. The van der Waals surface area contributed by atoms with Crippen LogP contribution in [-0.2, 0) is 9.59 Å². The van der Waals surface area contributed by atoms with Crippen LogP contribution >= 0.6 is 0 Å². The van der Waals surface area contributed by atoms with E-state index in [2.05, 4.69) is 5.16 Å². The molecule has 2 heterocycles. The maximum absolute atomic E-state index is 13.3. The van der Waals surface area contributed by atoms with E-state index in [0.29, 0.717) is 29.2 Å². The van der Waals surface area contributed by atoms with E-state index >= 15 is 0 Å². The first-order chi connectivity index (χ1) is 17.0. The van der Waals surface area contributed by atoms with E-state index in [9.17, 15) is 14.7 Å². The summed E-state index contributed by atoms with van der Waals surface area (Å²) in [5.41, 5.74) is 1.08. The summed E-state index contributed by atoms with van der Waals surface area (Å²) in [7, 11) is 0. The molecule has 1 aliphatic rings. The number of Topliss-reactive ketones (excluding diaryl/α,β-unsaturated/α-hetero) is 1. The number of anilines is 1. The van der Waals surface area contributed by atoms with Crippen LogP contribution in [0.25, 0.3) is 16.5 Å². The van der Waals surface area contributed by atoms with Crippen molar-refractivity contribution in [2.75, 3.05) is 11.5 Å². The molecule has 7 nitrogen and oxygen atoms in total. The minimum atomic E-state index is -0.883. The molecule has 0 aliphatic carbocycles. The van der Waals surface area contributed by atoms with Crippen molar-refractivity contribution < 1.29 is 24.0 Å². The molecule has 1 fully saturated rings. The lowest BCUT2D eigenvalue weighted by Crippen LogP contribution is -2.29. The van der Waals surface area contributed by atoms with Gasteiger partial charge in [-0.2, -0.15) is 0 Å². The Kier molecular flexibility index (Phi) is 5.82. The largest absolute Gasteiger partial charge is 0.507 e. The number of carbonyl (C=O) groups excluding carboxylic acids is 2. The third-order valence-electron chi connectivity index (χ3n) is 6.00. The number of ether oxygens (including phenoxy) is 1. The Hall–Kier alpha value is -4.39.